The van der Waals surface area contributed by atoms with E-state index < -0.39 is 0 Å². The molecule has 1 N–H and O–H groups in total. The summed E-state index contributed by atoms with van der Waals surface area (Å²) in [5.41, 5.74) is 3.41. The Morgan fingerprint density at radius 3 is 2.66 bits per heavy atom. The molecule has 4 heterocycles. The number of ether oxygens (including phenoxy) is 1. The highest BCUT2D eigenvalue weighted by atomic mass is 16.5. The fraction of sp³-hybridized carbons (Fsp3) is 0.400. The lowest BCUT2D eigenvalue weighted by Crippen LogP contribution is -2.56. The summed E-state index contributed by atoms with van der Waals surface area (Å²) in [5, 5.41) is 7.77. The van der Waals surface area contributed by atoms with Crippen molar-refractivity contribution in [2.24, 2.45) is 0 Å². The van der Waals surface area contributed by atoms with Crippen molar-refractivity contribution in [2.45, 2.75) is 13.0 Å². The fourth-order valence-electron chi connectivity index (χ4n) is 3.77. The van der Waals surface area contributed by atoms with Crippen LogP contribution in [0.15, 0.2) is 43.1 Å². The van der Waals surface area contributed by atoms with Crippen molar-refractivity contribution in [1.29, 1.82) is 0 Å². The number of piperazine rings is 1. The highest BCUT2D eigenvalue weighted by molar-refractivity contribution is 5.64. The summed E-state index contributed by atoms with van der Waals surface area (Å²) >= 11 is 0. The van der Waals surface area contributed by atoms with Crippen LogP contribution in [0.4, 0.5) is 17.3 Å². The van der Waals surface area contributed by atoms with Crippen LogP contribution in [0.25, 0.3) is 5.82 Å². The maximum absolute atomic E-state index is 5.33. The van der Waals surface area contributed by atoms with Crippen LogP contribution < -0.4 is 10.2 Å². The summed E-state index contributed by atoms with van der Waals surface area (Å²) in [5.74, 6) is 1.16. The Balaban J connectivity index is 0.00000218. The summed E-state index contributed by atoms with van der Waals surface area (Å²) < 4.78 is 6.94. The van der Waals surface area contributed by atoms with E-state index in [4.69, 9.17) is 4.74 Å². The lowest BCUT2D eigenvalue weighted by Gasteiger charge is -2.43. The normalized spacial score (nSPS) is 17.9. The number of aryl methyl sites for hydroxylation is 1. The van der Waals surface area contributed by atoms with Gasteiger partial charge in [-0.1, -0.05) is 0 Å². The molecule has 0 bridgehead atoms. The van der Waals surface area contributed by atoms with E-state index in [1.165, 1.54) is 11.3 Å². The molecular formula is C20H26N8O. The third kappa shape index (κ3) is 3.92. The Kier molecular flexibility index (Phi) is 4.82. The maximum atomic E-state index is 5.33. The van der Waals surface area contributed by atoms with Gasteiger partial charge in [0.2, 0.25) is 5.95 Å². The average molecular weight is 394 g/mol. The predicted octanol–water partition coefficient (Wildman–Crippen LogP) is 1.88. The zero-order chi connectivity index (χ0) is 19.6. The zero-order valence-electron chi connectivity index (χ0n) is 16.4. The van der Waals surface area contributed by atoms with Crippen molar-refractivity contribution < 1.29 is 6.16 Å². The molecule has 0 aliphatic carbocycles. The number of anilines is 3. The van der Waals surface area contributed by atoms with Gasteiger partial charge >= 0.3 is 0 Å². The number of nitrogens with one attached hydrogen (secondary N) is 1. The van der Waals surface area contributed by atoms with Gasteiger partial charge in [-0.15, -0.1) is 5.10 Å². The quantitative estimate of drug-likeness (QED) is 0.702. The first kappa shape index (κ1) is 18.0. The first-order valence-electron chi connectivity index (χ1n) is 9.88. The van der Waals surface area contributed by atoms with Gasteiger partial charge in [-0.3, -0.25) is 9.88 Å². The molecule has 0 radical (unpaired) electrons. The number of hydrogen-bond acceptors (Lipinski definition) is 8. The molecule has 5 rings (SSSR count). The molecule has 2 aliphatic heterocycles. The minimum atomic E-state index is 0. The van der Waals surface area contributed by atoms with Crippen LogP contribution in [0.3, 0.4) is 0 Å². The summed E-state index contributed by atoms with van der Waals surface area (Å²) in [7, 11) is 0. The first-order valence-corrected chi connectivity index (χ1v) is 9.88. The lowest BCUT2D eigenvalue weighted by atomic mass is 10.1. The Morgan fingerprint density at radius 1 is 1.07 bits per heavy atom. The van der Waals surface area contributed by atoms with Crippen molar-refractivity contribution in [1.82, 2.24) is 29.6 Å². The molecule has 9 nitrogen and oxygen atoms in total. The number of hydrogen-bond donors (Lipinski definition) is 1. The monoisotopic (exact) mass is 394 g/mol. The van der Waals surface area contributed by atoms with Gasteiger partial charge in [0.25, 0.3) is 0 Å². The molecule has 0 unspecified atom stereocenters. The third-order valence-corrected chi connectivity index (χ3v) is 5.41. The molecule has 2 fully saturated rings. The maximum Gasteiger partial charge on any atom is 0.247 e. The van der Waals surface area contributed by atoms with Gasteiger partial charge in [-0.05, 0) is 30.7 Å². The van der Waals surface area contributed by atoms with E-state index in [1.807, 2.05) is 0 Å². The van der Waals surface area contributed by atoms with Gasteiger partial charge < -0.3 is 15.0 Å². The summed E-state index contributed by atoms with van der Waals surface area (Å²) in [4.78, 5) is 17.6. The van der Waals surface area contributed by atoms with Crippen molar-refractivity contribution >= 4 is 17.3 Å². The average Bonchev–Trinajstić information content (AvgIpc) is 3.16. The second-order valence-electron chi connectivity index (χ2n) is 7.47. The Bertz CT molecular complexity index is 970. The van der Waals surface area contributed by atoms with E-state index in [-0.39, 0.29) is 1.43 Å². The molecule has 29 heavy (non-hydrogen) atoms. The zero-order valence-corrected chi connectivity index (χ0v) is 16.4. The molecule has 0 spiro atoms. The molecule has 2 aliphatic rings. The van der Waals surface area contributed by atoms with Crippen molar-refractivity contribution in [3.8, 4) is 5.82 Å². The van der Waals surface area contributed by atoms with Crippen molar-refractivity contribution in [2.75, 3.05) is 49.6 Å². The van der Waals surface area contributed by atoms with E-state index >= 15 is 0 Å². The summed E-state index contributed by atoms with van der Waals surface area (Å²) in [6, 6.07) is 7.12. The van der Waals surface area contributed by atoms with Crippen LogP contribution in [-0.2, 0) is 4.74 Å². The lowest BCUT2D eigenvalue weighted by molar-refractivity contribution is -0.0660. The SMILES string of the molecule is Cc1cc(Nc2ncn(-c3cnccn3)n2)cc(N2CCN(C3COC3)CC2)c1.[HH]. The van der Waals surface area contributed by atoms with Gasteiger partial charge in [0, 0.05) is 51.4 Å². The molecule has 9 heteroatoms. The molecule has 1 aromatic carbocycles. The fourth-order valence-corrected chi connectivity index (χ4v) is 3.77. The molecule has 0 atom stereocenters. The number of aromatic nitrogens is 5. The van der Waals surface area contributed by atoms with E-state index in [1.54, 1.807) is 29.6 Å². The largest absolute Gasteiger partial charge is 0.378 e. The number of benzene rings is 1. The topological polar surface area (TPSA) is 84.2 Å². The smallest absolute Gasteiger partial charge is 0.247 e. The standard InChI is InChI=1S/C20H24N8O.H2/c1-15-8-16(24-20-23-14-28(25-20)19-11-21-2-3-22-19)10-17(9-15)26-4-6-27(7-5-26)18-12-29-13-18;/h2-3,8-11,14,18H,4-7,12-13H2,1H3,(H,24,25);1H. The second kappa shape index (κ2) is 7.76. The highest BCUT2D eigenvalue weighted by Crippen LogP contribution is 2.26. The highest BCUT2D eigenvalue weighted by Gasteiger charge is 2.29. The van der Waals surface area contributed by atoms with Crippen LogP contribution >= 0.6 is 0 Å². The van der Waals surface area contributed by atoms with Crippen molar-refractivity contribution in [3.05, 3.63) is 48.7 Å². The Labute approximate surface area is 170 Å². The van der Waals surface area contributed by atoms with Gasteiger partial charge in [0.05, 0.1) is 25.5 Å². The molecule has 0 saturated carbocycles. The minimum Gasteiger partial charge on any atom is -0.378 e. The molecule has 3 aromatic rings. The summed E-state index contributed by atoms with van der Waals surface area (Å²) in [6.45, 7) is 8.09. The molecule has 0 amide bonds. The van der Waals surface area contributed by atoms with Gasteiger partial charge in [0.1, 0.15) is 6.33 Å². The molecular weight excluding hydrogens is 368 g/mol. The van der Waals surface area contributed by atoms with Crippen LogP contribution in [0, 0.1) is 6.92 Å². The molecule has 2 saturated heterocycles. The van der Waals surface area contributed by atoms with Gasteiger partial charge in [-0.2, -0.15) is 9.67 Å². The van der Waals surface area contributed by atoms with Crippen molar-refractivity contribution in [3.63, 3.8) is 0 Å². The third-order valence-electron chi connectivity index (χ3n) is 5.41. The summed E-state index contributed by atoms with van der Waals surface area (Å²) in [6.07, 6.45) is 6.55. The molecule has 2 aromatic heterocycles. The van der Waals surface area contributed by atoms with Crippen LogP contribution in [0.5, 0.6) is 0 Å². The number of rotatable bonds is 5. The number of nitrogens with zero attached hydrogens (tertiary/aromatic N) is 7. The van der Waals surface area contributed by atoms with Crippen LogP contribution in [-0.4, -0.2) is 75.1 Å². The Hall–Kier alpha value is -3.04. The second-order valence-corrected chi connectivity index (χ2v) is 7.47. The van der Waals surface area contributed by atoms with E-state index in [2.05, 4.69) is 60.3 Å². The van der Waals surface area contributed by atoms with Gasteiger partial charge in [-0.25, -0.2) is 4.98 Å². The molecule has 152 valence electrons. The van der Waals surface area contributed by atoms with E-state index in [0.29, 0.717) is 17.8 Å². The van der Waals surface area contributed by atoms with E-state index in [9.17, 15) is 0 Å². The predicted molar refractivity (Wildman–Crippen MR) is 112 cm³/mol. The first-order chi connectivity index (χ1) is 14.2. The Morgan fingerprint density at radius 2 is 1.93 bits per heavy atom. The van der Waals surface area contributed by atoms with Crippen LogP contribution in [0.2, 0.25) is 0 Å². The van der Waals surface area contributed by atoms with Crippen LogP contribution in [0.1, 0.15) is 6.99 Å². The minimum absolute atomic E-state index is 0. The van der Waals surface area contributed by atoms with Gasteiger partial charge in [0.15, 0.2) is 5.82 Å². The van der Waals surface area contributed by atoms with E-state index in [0.717, 1.165) is 45.1 Å².